The highest BCUT2D eigenvalue weighted by Crippen LogP contribution is 2.55. The molecule has 9 nitrogen and oxygen atoms in total. The van der Waals surface area contributed by atoms with Crippen molar-refractivity contribution in [1.82, 2.24) is 25.0 Å². The fourth-order valence-electron chi connectivity index (χ4n) is 4.89. The summed E-state index contributed by atoms with van der Waals surface area (Å²) in [5.74, 6) is 1.11. The van der Waals surface area contributed by atoms with E-state index in [0.717, 1.165) is 25.9 Å². The van der Waals surface area contributed by atoms with E-state index in [1.165, 1.54) is 6.08 Å². The van der Waals surface area contributed by atoms with Crippen molar-refractivity contribution in [3.8, 4) is 22.9 Å². The number of hydrogen-bond acceptors (Lipinski definition) is 6. The molecule has 174 valence electrons. The van der Waals surface area contributed by atoms with Gasteiger partial charge in [-0.1, -0.05) is 24.8 Å². The highest BCUT2D eigenvalue weighted by atomic mass is 16.5. The molecule has 5 rings (SSSR count). The first-order valence-electron chi connectivity index (χ1n) is 11.1. The van der Waals surface area contributed by atoms with E-state index >= 15 is 0 Å². The Morgan fingerprint density at radius 1 is 1.21 bits per heavy atom. The van der Waals surface area contributed by atoms with Crippen LogP contribution in [0.2, 0.25) is 0 Å². The number of nitrogens with one attached hydrogen (secondary N) is 1. The lowest BCUT2D eigenvalue weighted by Crippen LogP contribution is -2.63. The molecule has 9 heteroatoms. The summed E-state index contributed by atoms with van der Waals surface area (Å²) in [6.07, 6.45) is 4.69. The summed E-state index contributed by atoms with van der Waals surface area (Å²) >= 11 is 0. The van der Waals surface area contributed by atoms with Crippen LogP contribution >= 0.6 is 0 Å². The van der Waals surface area contributed by atoms with Gasteiger partial charge in [0.1, 0.15) is 22.8 Å². The molecular weight excluding hydrogens is 432 g/mol. The minimum absolute atomic E-state index is 0.0379. The summed E-state index contributed by atoms with van der Waals surface area (Å²) in [6.45, 7) is 4.99. The van der Waals surface area contributed by atoms with Crippen LogP contribution in [0.4, 0.5) is 5.82 Å². The van der Waals surface area contributed by atoms with Crippen molar-refractivity contribution in [3.05, 3.63) is 66.9 Å². The van der Waals surface area contributed by atoms with Crippen molar-refractivity contribution >= 4 is 17.6 Å². The molecule has 1 spiro atoms. The molecule has 1 aromatic carbocycles. The van der Waals surface area contributed by atoms with Gasteiger partial charge in [0.05, 0.1) is 6.04 Å². The maximum Gasteiger partial charge on any atom is 0.257 e. The van der Waals surface area contributed by atoms with Crippen molar-refractivity contribution in [1.29, 1.82) is 0 Å². The molecule has 34 heavy (non-hydrogen) atoms. The number of anilines is 1. The number of nitrogen functional groups attached to an aromatic ring is 1. The Morgan fingerprint density at radius 3 is 2.56 bits per heavy atom. The molecule has 0 bridgehead atoms. The highest BCUT2D eigenvalue weighted by Gasteiger charge is 2.54. The molecule has 1 saturated carbocycles. The van der Waals surface area contributed by atoms with E-state index in [-0.39, 0.29) is 23.3 Å². The van der Waals surface area contributed by atoms with Gasteiger partial charge in [0.2, 0.25) is 11.8 Å². The third-order valence-corrected chi connectivity index (χ3v) is 6.60. The van der Waals surface area contributed by atoms with Crippen molar-refractivity contribution < 1.29 is 14.3 Å². The van der Waals surface area contributed by atoms with Gasteiger partial charge in [0, 0.05) is 43.4 Å². The molecule has 0 atom stereocenters. The zero-order valence-electron chi connectivity index (χ0n) is 18.9. The number of hydrogen-bond donors (Lipinski definition) is 2. The standard InChI is InChI=1S/C25H26N6O3/c1-3-20(32)30-14-25(15-30)11-17(12-25)31-23(26)21(24(33)27-2)22(29-31)16-9-10-19(28-13-16)34-18-7-5-4-6-8-18/h3-10,13,17H,1,11-12,14-15,26H2,2H3,(H,27,33). The second kappa shape index (κ2) is 8.33. The predicted octanol–water partition coefficient (Wildman–Crippen LogP) is 3.03. The number of pyridine rings is 1. The molecule has 2 amide bonds. The summed E-state index contributed by atoms with van der Waals surface area (Å²) in [5, 5.41) is 7.39. The Kier molecular flexibility index (Phi) is 5.31. The zero-order chi connectivity index (χ0) is 23.9. The van der Waals surface area contributed by atoms with Gasteiger partial charge in [0.15, 0.2) is 0 Å². The lowest BCUT2D eigenvalue weighted by molar-refractivity contribution is -0.148. The monoisotopic (exact) mass is 458 g/mol. The van der Waals surface area contributed by atoms with Gasteiger partial charge >= 0.3 is 0 Å². The molecule has 3 N–H and O–H groups in total. The second-order valence-corrected chi connectivity index (χ2v) is 8.89. The van der Waals surface area contributed by atoms with E-state index in [0.29, 0.717) is 34.3 Å². The number of ether oxygens (including phenoxy) is 1. The molecule has 1 aliphatic carbocycles. The van der Waals surface area contributed by atoms with Gasteiger partial charge in [-0.3, -0.25) is 9.59 Å². The van der Waals surface area contributed by atoms with Crippen LogP contribution < -0.4 is 15.8 Å². The number of nitrogens with two attached hydrogens (primary N) is 1. The number of amides is 2. The van der Waals surface area contributed by atoms with Crippen LogP contribution in [0.25, 0.3) is 11.3 Å². The molecule has 2 aliphatic rings. The van der Waals surface area contributed by atoms with Crippen molar-refractivity contribution in [2.24, 2.45) is 5.41 Å². The molecule has 0 radical (unpaired) electrons. The van der Waals surface area contributed by atoms with Crippen LogP contribution in [0.5, 0.6) is 11.6 Å². The fourth-order valence-corrected chi connectivity index (χ4v) is 4.89. The third kappa shape index (κ3) is 3.68. The van der Waals surface area contributed by atoms with E-state index < -0.39 is 0 Å². The first kappa shape index (κ1) is 21.7. The Balaban J connectivity index is 1.37. The van der Waals surface area contributed by atoms with Gasteiger partial charge in [0.25, 0.3) is 5.91 Å². The summed E-state index contributed by atoms with van der Waals surface area (Å²) in [7, 11) is 1.57. The predicted molar refractivity (Wildman–Crippen MR) is 127 cm³/mol. The average molecular weight is 459 g/mol. The number of benzene rings is 1. The van der Waals surface area contributed by atoms with Crippen LogP contribution in [0, 0.1) is 5.41 Å². The second-order valence-electron chi connectivity index (χ2n) is 8.89. The number of carbonyl (C=O) groups is 2. The highest BCUT2D eigenvalue weighted by molar-refractivity contribution is 6.04. The quantitative estimate of drug-likeness (QED) is 0.549. The molecule has 2 aromatic heterocycles. The van der Waals surface area contributed by atoms with Gasteiger partial charge in [-0.15, -0.1) is 0 Å². The number of aromatic nitrogens is 3. The first-order chi connectivity index (χ1) is 16.4. The zero-order valence-corrected chi connectivity index (χ0v) is 18.9. The van der Waals surface area contributed by atoms with Crippen molar-refractivity contribution in [3.63, 3.8) is 0 Å². The Hall–Kier alpha value is -4.14. The van der Waals surface area contributed by atoms with Crippen LogP contribution in [-0.2, 0) is 4.79 Å². The van der Waals surface area contributed by atoms with Crippen molar-refractivity contribution in [2.45, 2.75) is 18.9 Å². The normalized spacial score (nSPS) is 16.4. The van der Waals surface area contributed by atoms with Gasteiger partial charge in [-0.2, -0.15) is 5.10 Å². The average Bonchev–Trinajstić information content (AvgIpc) is 3.14. The smallest absolute Gasteiger partial charge is 0.257 e. The fraction of sp³-hybridized carbons (Fsp3) is 0.280. The van der Waals surface area contributed by atoms with Gasteiger partial charge < -0.3 is 20.7 Å². The Morgan fingerprint density at radius 2 is 1.94 bits per heavy atom. The molecular formula is C25H26N6O3. The molecule has 3 heterocycles. The number of rotatable bonds is 6. The van der Waals surface area contributed by atoms with E-state index in [9.17, 15) is 9.59 Å². The Bertz CT molecular complexity index is 1240. The van der Waals surface area contributed by atoms with Crippen molar-refractivity contribution in [2.75, 3.05) is 25.9 Å². The maximum absolute atomic E-state index is 12.7. The number of likely N-dealkylation sites (tertiary alicyclic amines) is 1. The van der Waals surface area contributed by atoms with Crippen LogP contribution in [0.1, 0.15) is 29.2 Å². The summed E-state index contributed by atoms with van der Waals surface area (Å²) < 4.78 is 7.51. The third-order valence-electron chi connectivity index (χ3n) is 6.60. The van der Waals surface area contributed by atoms with E-state index in [2.05, 4.69) is 16.9 Å². The van der Waals surface area contributed by atoms with E-state index in [4.69, 9.17) is 15.6 Å². The number of carbonyl (C=O) groups excluding carboxylic acids is 2. The SMILES string of the molecule is C=CC(=O)N1CC2(CC(n3nc(-c4ccc(Oc5ccccc5)nc4)c(C(=O)NC)c3N)C2)C1. The number of nitrogens with zero attached hydrogens (tertiary/aromatic N) is 4. The Labute approximate surface area is 197 Å². The minimum atomic E-state index is -0.302. The van der Waals surface area contributed by atoms with Crippen LogP contribution in [-0.4, -0.2) is 51.6 Å². The topological polar surface area (TPSA) is 115 Å². The van der Waals surface area contributed by atoms with E-state index in [1.807, 2.05) is 36.4 Å². The summed E-state index contributed by atoms with van der Waals surface area (Å²) in [6, 6.07) is 13.0. The number of para-hydroxylation sites is 1. The summed E-state index contributed by atoms with van der Waals surface area (Å²) in [5.41, 5.74) is 8.01. The van der Waals surface area contributed by atoms with E-state index in [1.54, 1.807) is 28.9 Å². The van der Waals surface area contributed by atoms with Gasteiger partial charge in [-0.05, 0) is 37.1 Å². The summed E-state index contributed by atoms with van der Waals surface area (Å²) in [4.78, 5) is 30.6. The minimum Gasteiger partial charge on any atom is -0.439 e. The lowest BCUT2D eigenvalue weighted by atomic mass is 9.60. The largest absolute Gasteiger partial charge is 0.439 e. The van der Waals surface area contributed by atoms with Crippen LogP contribution in [0.3, 0.4) is 0 Å². The molecule has 1 aliphatic heterocycles. The molecule has 0 unspecified atom stereocenters. The molecule has 3 aromatic rings. The maximum atomic E-state index is 12.7. The first-order valence-corrected chi connectivity index (χ1v) is 11.1. The van der Waals surface area contributed by atoms with Crippen LogP contribution in [0.15, 0.2) is 61.3 Å². The van der Waals surface area contributed by atoms with Gasteiger partial charge in [-0.25, -0.2) is 9.67 Å². The molecule has 2 fully saturated rings. The molecule has 1 saturated heterocycles. The lowest BCUT2D eigenvalue weighted by Gasteiger charge is -2.58.